The van der Waals surface area contributed by atoms with E-state index in [0.29, 0.717) is 0 Å². The zero-order valence-electron chi connectivity index (χ0n) is 14.3. The highest BCUT2D eigenvalue weighted by Crippen LogP contribution is 2.35. The molecule has 2 aliphatic rings. The van der Waals surface area contributed by atoms with Crippen molar-refractivity contribution in [2.75, 3.05) is 19.8 Å². The summed E-state index contributed by atoms with van der Waals surface area (Å²) in [7, 11) is 0. The highest BCUT2D eigenvalue weighted by molar-refractivity contribution is 6.21. The maximum absolute atomic E-state index is 12.6. The Morgan fingerprint density at radius 2 is 1.48 bits per heavy atom. The number of aliphatic carboxylic acids is 1. The molecule has 27 heavy (non-hydrogen) atoms. The summed E-state index contributed by atoms with van der Waals surface area (Å²) in [4.78, 5) is 38.1. The first-order chi connectivity index (χ1) is 13.0. The van der Waals surface area contributed by atoms with Gasteiger partial charge in [0.25, 0.3) is 11.8 Å². The van der Waals surface area contributed by atoms with Crippen LogP contribution in [0.4, 0.5) is 0 Å². The molecular weight excluding hydrogens is 350 g/mol. The minimum Gasteiger partial charge on any atom is -0.481 e. The molecule has 0 atom stereocenters. The first-order valence-electron chi connectivity index (χ1n) is 8.49. The quantitative estimate of drug-likeness (QED) is 0.832. The second kappa shape index (κ2) is 6.61. The molecule has 7 nitrogen and oxygen atoms in total. The number of imide groups is 1. The molecule has 2 aromatic carbocycles. The van der Waals surface area contributed by atoms with E-state index in [-0.39, 0.29) is 30.9 Å². The smallest absolute Gasteiger partial charge is 0.316 e. The van der Waals surface area contributed by atoms with Gasteiger partial charge < -0.3 is 14.6 Å². The van der Waals surface area contributed by atoms with Crippen LogP contribution in [0.2, 0.25) is 0 Å². The van der Waals surface area contributed by atoms with Crippen LogP contribution in [0.5, 0.6) is 0 Å². The number of carboxylic acid groups (broad SMARTS) is 1. The van der Waals surface area contributed by atoms with Crippen molar-refractivity contribution in [3.8, 4) is 0 Å². The minimum atomic E-state index is -1.52. The summed E-state index contributed by atoms with van der Waals surface area (Å²) in [5.41, 5.74) is -0.179. The third-order valence-corrected chi connectivity index (χ3v) is 4.89. The van der Waals surface area contributed by atoms with Crippen molar-refractivity contribution in [2.24, 2.45) is 5.41 Å². The Morgan fingerprint density at radius 3 is 2.00 bits per heavy atom. The lowest BCUT2D eigenvalue weighted by Gasteiger charge is -2.38. The normalized spacial score (nSPS) is 24.7. The number of amides is 2. The van der Waals surface area contributed by atoms with Gasteiger partial charge in [-0.25, -0.2) is 0 Å². The van der Waals surface area contributed by atoms with Crippen molar-refractivity contribution < 1.29 is 29.0 Å². The summed E-state index contributed by atoms with van der Waals surface area (Å²) in [6.07, 6.45) is -0.680. The molecule has 2 heterocycles. The number of hydrogen-bond acceptors (Lipinski definition) is 5. The fraction of sp³-hybridized carbons (Fsp3) is 0.250. The molecule has 0 saturated carbocycles. The summed E-state index contributed by atoms with van der Waals surface area (Å²) in [6.45, 7) is -0.652. The topological polar surface area (TPSA) is 93.1 Å². The van der Waals surface area contributed by atoms with E-state index in [9.17, 15) is 19.5 Å². The Bertz CT molecular complexity index is 867. The molecule has 2 aromatic rings. The van der Waals surface area contributed by atoms with Crippen LogP contribution in [0.25, 0.3) is 0 Å². The Hall–Kier alpha value is -3.03. The number of carbonyl (C=O) groups excluding carboxylic acids is 2. The Labute approximate surface area is 155 Å². The third-order valence-electron chi connectivity index (χ3n) is 4.89. The van der Waals surface area contributed by atoms with E-state index in [0.717, 1.165) is 10.5 Å². The first-order valence-corrected chi connectivity index (χ1v) is 8.49. The van der Waals surface area contributed by atoms with Crippen molar-refractivity contribution in [1.29, 1.82) is 0 Å². The molecule has 1 N–H and O–H groups in total. The van der Waals surface area contributed by atoms with Gasteiger partial charge in [-0.05, 0) is 12.1 Å². The number of hydrogen-bond donors (Lipinski definition) is 1. The number of fused-ring (bicyclic) bond motifs is 1. The van der Waals surface area contributed by atoms with Crippen molar-refractivity contribution in [1.82, 2.24) is 4.90 Å². The molecular formula is C20H17NO6. The van der Waals surface area contributed by atoms with Crippen LogP contribution in [0, 0.1) is 5.41 Å². The van der Waals surface area contributed by atoms with Crippen molar-refractivity contribution in [3.63, 3.8) is 0 Å². The largest absolute Gasteiger partial charge is 0.481 e. The molecule has 0 unspecified atom stereocenters. The molecule has 1 saturated heterocycles. The van der Waals surface area contributed by atoms with Crippen molar-refractivity contribution in [2.45, 2.75) is 6.29 Å². The minimum absolute atomic E-state index is 0.171. The predicted molar refractivity (Wildman–Crippen MR) is 93.0 cm³/mol. The van der Waals surface area contributed by atoms with Gasteiger partial charge in [0.1, 0.15) is 5.41 Å². The molecule has 138 valence electrons. The van der Waals surface area contributed by atoms with E-state index in [4.69, 9.17) is 9.47 Å². The van der Waals surface area contributed by atoms with Crippen LogP contribution in [-0.2, 0) is 14.3 Å². The Kier molecular flexibility index (Phi) is 4.25. The molecule has 7 heteroatoms. The van der Waals surface area contributed by atoms with E-state index < -0.39 is 29.5 Å². The van der Waals surface area contributed by atoms with E-state index in [1.165, 1.54) is 0 Å². The standard InChI is InChI=1S/C20H17NO6/c22-16-14-8-4-5-9-15(14)17(23)21(16)10-20(19(24)25)11-26-18(27-12-20)13-6-2-1-3-7-13/h1-9,18H,10-12H2,(H,24,25). The van der Waals surface area contributed by atoms with E-state index in [1.807, 2.05) is 30.3 Å². The molecule has 0 aromatic heterocycles. The molecule has 2 amide bonds. The Morgan fingerprint density at radius 1 is 0.963 bits per heavy atom. The van der Waals surface area contributed by atoms with Crippen LogP contribution < -0.4 is 0 Å². The molecule has 0 bridgehead atoms. The molecule has 4 rings (SSSR count). The van der Waals surface area contributed by atoms with E-state index >= 15 is 0 Å². The van der Waals surface area contributed by atoms with Crippen LogP contribution >= 0.6 is 0 Å². The van der Waals surface area contributed by atoms with Crippen LogP contribution in [0.3, 0.4) is 0 Å². The molecule has 1 fully saturated rings. The number of rotatable bonds is 4. The summed E-state index contributed by atoms with van der Waals surface area (Å²) in [5, 5.41) is 9.79. The van der Waals surface area contributed by atoms with Crippen LogP contribution in [0.15, 0.2) is 54.6 Å². The fourth-order valence-electron chi connectivity index (χ4n) is 3.33. The highest BCUT2D eigenvalue weighted by atomic mass is 16.7. The predicted octanol–water partition coefficient (Wildman–Crippen LogP) is 2.10. The number of carbonyl (C=O) groups is 3. The molecule has 0 spiro atoms. The number of nitrogens with zero attached hydrogens (tertiary/aromatic N) is 1. The maximum Gasteiger partial charge on any atom is 0.316 e. The van der Waals surface area contributed by atoms with Gasteiger partial charge in [-0.15, -0.1) is 0 Å². The molecule has 0 radical (unpaired) electrons. The van der Waals surface area contributed by atoms with Crippen molar-refractivity contribution >= 4 is 17.8 Å². The average Bonchev–Trinajstić information content (AvgIpc) is 2.94. The fourth-order valence-corrected chi connectivity index (χ4v) is 3.33. The number of ether oxygens (including phenoxy) is 2. The summed E-state index contributed by atoms with van der Waals surface area (Å²) in [5.74, 6) is -2.17. The summed E-state index contributed by atoms with van der Waals surface area (Å²) < 4.78 is 11.3. The van der Waals surface area contributed by atoms with Crippen LogP contribution in [0.1, 0.15) is 32.6 Å². The molecule has 2 aliphatic heterocycles. The lowest BCUT2D eigenvalue weighted by molar-refractivity contribution is -0.238. The second-order valence-electron chi connectivity index (χ2n) is 6.69. The SMILES string of the molecule is O=C1c2ccccc2C(=O)N1CC1(C(=O)O)COC(c2ccccc2)OC1. The van der Waals surface area contributed by atoms with Gasteiger partial charge in [0.15, 0.2) is 6.29 Å². The summed E-state index contributed by atoms with van der Waals surface area (Å²) >= 11 is 0. The van der Waals surface area contributed by atoms with Gasteiger partial charge in [0.05, 0.1) is 24.3 Å². The van der Waals surface area contributed by atoms with E-state index in [2.05, 4.69) is 0 Å². The second-order valence-corrected chi connectivity index (χ2v) is 6.69. The lowest BCUT2D eigenvalue weighted by atomic mass is 9.88. The summed E-state index contributed by atoms with van der Waals surface area (Å²) in [6, 6.07) is 15.6. The van der Waals surface area contributed by atoms with Gasteiger partial charge in [0, 0.05) is 12.1 Å². The zero-order chi connectivity index (χ0) is 19.0. The third kappa shape index (κ3) is 2.90. The van der Waals surface area contributed by atoms with Crippen LogP contribution in [-0.4, -0.2) is 47.5 Å². The van der Waals surface area contributed by atoms with Gasteiger partial charge in [-0.1, -0.05) is 42.5 Å². The average molecular weight is 367 g/mol. The van der Waals surface area contributed by atoms with Gasteiger partial charge >= 0.3 is 5.97 Å². The molecule has 0 aliphatic carbocycles. The van der Waals surface area contributed by atoms with Gasteiger partial charge in [-0.3, -0.25) is 19.3 Å². The highest BCUT2D eigenvalue weighted by Gasteiger charge is 2.49. The Balaban J connectivity index is 1.54. The van der Waals surface area contributed by atoms with Gasteiger partial charge in [-0.2, -0.15) is 0 Å². The number of carboxylic acids is 1. The zero-order valence-corrected chi connectivity index (χ0v) is 14.3. The lowest BCUT2D eigenvalue weighted by Crippen LogP contribution is -2.53. The first kappa shape index (κ1) is 17.4. The van der Waals surface area contributed by atoms with Crippen molar-refractivity contribution in [3.05, 3.63) is 71.3 Å². The monoisotopic (exact) mass is 367 g/mol. The maximum atomic E-state index is 12.6. The van der Waals surface area contributed by atoms with E-state index in [1.54, 1.807) is 24.3 Å². The number of benzene rings is 2. The van der Waals surface area contributed by atoms with Gasteiger partial charge in [0.2, 0.25) is 0 Å².